The van der Waals surface area contributed by atoms with Crippen molar-refractivity contribution in [3.05, 3.63) is 23.7 Å². The van der Waals surface area contributed by atoms with E-state index in [1.54, 1.807) is 25.3 Å². The summed E-state index contributed by atoms with van der Waals surface area (Å²) in [6.07, 6.45) is 3.31. The molecule has 172 valence electrons. The summed E-state index contributed by atoms with van der Waals surface area (Å²) in [5.41, 5.74) is -0.435. The number of rotatable bonds is 4. The fourth-order valence-electron chi connectivity index (χ4n) is 5.50. The van der Waals surface area contributed by atoms with Crippen LogP contribution in [0, 0.1) is 24.2 Å². The van der Waals surface area contributed by atoms with Gasteiger partial charge in [0.15, 0.2) is 11.5 Å². The Bertz CT molecular complexity index is 1120. The summed E-state index contributed by atoms with van der Waals surface area (Å²) in [7, 11) is 0. The number of esters is 1. The van der Waals surface area contributed by atoms with Gasteiger partial charge in [0.2, 0.25) is 0 Å². The van der Waals surface area contributed by atoms with Crippen LogP contribution in [-0.4, -0.2) is 56.9 Å². The van der Waals surface area contributed by atoms with Gasteiger partial charge in [-0.3, -0.25) is 9.59 Å². The lowest BCUT2D eigenvalue weighted by atomic mass is 9.53. The van der Waals surface area contributed by atoms with E-state index < -0.39 is 34.5 Å². The molecule has 1 N–H and O–H groups in total. The number of aryl methyl sites for hydroxylation is 1. The Labute approximate surface area is 186 Å². The molecular formula is C23H30N4O5. The first kappa shape index (κ1) is 21.2. The zero-order chi connectivity index (χ0) is 23.1. The highest BCUT2D eigenvalue weighted by Crippen LogP contribution is 2.67. The molecule has 32 heavy (non-hydrogen) atoms. The zero-order valence-electron chi connectivity index (χ0n) is 19.2. The van der Waals surface area contributed by atoms with E-state index in [4.69, 9.17) is 9.47 Å². The second-order valence-electron chi connectivity index (χ2n) is 10.7. The van der Waals surface area contributed by atoms with Gasteiger partial charge in [0, 0.05) is 19.5 Å². The Kier molecular flexibility index (Phi) is 4.41. The summed E-state index contributed by atoms with van der Waals surface area (Å²) < 4.78 is 13.3. The van der Waals surface area contributed by atoms with E-state index in [9.17, 15) is 14.7 Å². The van der Waals surface area contributed by atoms with Crippen LogP contribution in [0.3, 0.4) is 0 Å². The van der Waals surface area contributed by atoms with E-state index in [0.717, 1.165) is 30.8 Å². The van der Waals surface area contributed by atoms with Crippen LogP contribution in [0.1, 0.15) is 51.9 Å². The summed E-state index contributed by atoms with van der Waals surface area (Å²) in [6.45, 7) is 11.5. The molecule has 9 nitrogen and oxygen atoms in total. The predicted molar refractivity (Wildman–Crippen MR) is 115 cm³/mol. The number of fused-ring (bicyclic) bond motifs is 2. The van der Waals surface area contributed by atoms with Gasteiger partial charge in [0.1, 0.15) is 22.5 Å². The maximum atomic E-state index is 12.9. The Hall–Kier alpha value is -2.68. The van der Waals surface area contributed by atoms with Gasteiger partial charge in [-0.1, -0.05) is 6.92 Å². The fourth-order valence-corrected chi connectivity index (χ4v) is 5.50. The average Bonchev–Trinajstić information content (AvgIpc) is 3.40. The molecule has 2 aromatic rings. The maximum Gasteiger partial charge on any atom is 0.316 e. The molecule has 3 aliphatic heterocycles. The number of hydrogen-bond acceptors (Lipinski definition) is 7. The molecule has 3 saturated heterocycles. The molecular weight excluding hydrogens is 412 g/mol. The second kappa shape index (κ2) is 6.66. The highest BCUT2D eigenvalue weighted by atomic mass is 16.6. The molecule has 0 aromatic carbocycles. The molecule has 0 spiro atoms. The number of carboxylic acids is 1. The van der Waals surface area contributed by atoms with Crippen LogP contribution in [0.15, 0.2) is 12.3 Å². The molecule has 6 rings (SSSR count). The monoisotopic (exact) mass is 442 g/mol. The van der Waals surface area contributed by atoms with Crippen LogP contribution >= 0.6 is 0 Å². The van der Waals surface area contributed by atoms with E-state index >= 15 is 0 Å². The number of carbonyl (C=O) groups is 2. The van der Waals surface area contributed by atoms with Gasteiger partial charge in [0.25, 0.3) is 0 Å². The molecule has 2 bridgehead atoms. The van der Waals surface area contributed by atoms with Crippen LogP contribution in [0.25, 0.3) is 5.65 Å². The summed E-state index contributed by atoms with van der Waals surface area (Å²) in [6, 6.07) is 2.10. The SMILES string of the molecule is Cc1cc(N2CCC(C)C2)cn2nc(C34CC(C(=O)OC(C)(C)C)(CO3)C4C(=O)O)nc12. The smallest absolute Gasteiger partial charge is 0.316 e. The molecule has 4 fully saturated rings. The Balaban J connectivity index is 1.51. The second-order valence-corrected chi connectivity index (χ2v) is 10.7. The minimum Gasteiger partial charge on any atom is -0.481 e. The van der Waals surface area contributed by atoms with Crippen molar-refractivity contribution >= 4 is 23.3 Å². The standard InChI is InChI=1S/C23H30N4O5/c1-13-6-7-26(9-13)15-8-14(2)17-24-19(25-27(17)10-15)23-11-22(12-31-23,16(23)18(28)29)20(30)32-21(3,4)5/h8,10,13,16H,6-7,9,11-12H2,1-5H3,(H,28,29). The molecule has 0 amide bonds. The number of nitrogens with zero attached hydrogens (tertiary/aromatic N) is 4. The summed E-state index contributed by atoms with van der Waals surface area (Å²) in [5.74, 6) is -1.74. The maximum absolute atomic E-state index is 12.9. The van der Waals surface area contributed by atoms with Crippen molar-refractivity contribution in [1.29, 1.82) is 0 Å². The van der Waals surface area contributed by atoms with Crippen LogP contribution in [0.2, 0.25) is 0 Å². The molecule has 9 heteroatoms. The third kappa shape index (κ3) is 2.93. The van der Waals surface area contributed by atoms with Crippen molar-refractivity contribution in [1.82, 2.24) is 14.6 Å². The number of carboxylic acid groups (broad SMARTS) is 1. The number of hydrogen-bond donors (Lipinski definition) is 1. The molecule has 4 unspecified atom stereocenters. The van der Waals surface area contributed by atoms with Crippen LogP contribution < -0.4 is 4.90 Å². The summed E-state index contributed by atoms with van der Waals surface area (Å²) in [5, 5.41) is 14.7. The molecule has 4 atom stereocenters. The van der Waals surface area contributed by atoms with Gasteiger partial charge in [0.05, 0.1) is 18.5 Å². The van der Waals surface area contributed by atoms with Gasteiger partial charge in [-0.25, -0.2) is 9.50 Å². The minimum absolute atomic E-state index is 0.00959. The Morgan fingerprint density at radius 1 is 1.34 bits per heavy atom. The van der Waals surface area contributed by atoms with Gasteiger partial charge in [-0.2, -0.15) is 0 Å². The largest absolute Gasteiger partial charge is 0.481 e. The first-order valence-electron chi connectivity index (χ1n) is 11.2. The first-order valence-corrected chi connectivity index (χ1v) is 11.2. The normalized spacial score (nSPS) is 31.7. The lowest BCUT2D eigenvalue weighted by molar-refractivity contribution is -0.194. The van der Waals surface area contributed by atoms with Crippen LogP contribution in [0.5, 0.6) is 0 Å². The Morgan fingerprint density at radius 3 is 2.72 bits per heavy atom. The predicted octanol–water partition coefficient (Wildman–Crippen LogP) is 2.54. The lowest BCUT2D eigenvalue weighted by Crippen LogP contribution is -2.61. The number of aliphatic carboxylic acids is 1. The summed E-state index contributed by atoms with van der Waals surface area (Å²) >= 11 is 0. The molecule has 5 heterocycles. The van der Waals surface area contributed by atoms with E-state index in [0.29, 0.717) is 17.4 Å². The third-order valence-corrected chi connectivity index (χ3v) is 7.01. The van der Waals surface area contributed by atoms with Crippen LogP contribution in [-0.2, 0) is 24.7 Å². The minimum atomic E-state index is -1.22. The van der Waals surface area contributed by atoms with E-state index in [2.05, 4.69) is 28.0 Å². The third-order valence-electron chi connectivity index (χ3n) is 7.01. The average molecular weight is 443 g/mol. The molecule has 1 saturated carbocycles. The molecule has 2 aromatic heterocycles. The highest BCUT2D eigenvalue weighted by Gasteiger charge is 2.79. The topological polar surface area (TPSA) is 106 Å². The fraction of sp³-hybridized carbons (Fsp3) is 0.652. The number of anilines is 1. The number of pyridine rings is 1. The first-order chi connectivity index (χ1) is 14.9. The van der Waals surface area contributed by atoms with Crippen molar-refractivity contribution in [2.24, 2.45) is 17.3 Å². The van der Waals surface area contributed by atoms with Gasteiger partial charge >= 0.3 is 11.9 Å². The zero-order valence-corrected chi connectivity index (χ0v) is 19.2. The number of carbonyl (C=O) groups excluding carboxylic acids is 1. The molecule has 4 aliphatic rings. The van der Waals surface area contributed by atoms with E-state index in [1.807, 2.05) is 13.1 Å². The number of ether oxygens (including phenoxy) is 2. The quantitative estimate of drug-likeness (QED) is 0.720. The van der Waals surface area contributed by atoms with Gasteiger partial charge in [-0.05, 0) is 51.7 Å². The van der Waals surface area contributed by atoms with Crippen molar-refractivity contribution in [2.75, 3.05) is 24.6 Å². The van der Waals surface area contributed by atoms with Crippen molar-refractivity contribution in [2.45, 2.75) is 58.7 Å². The Morgan fingerprint density at radius 2 is 2.09 bits per heavy atom. The van der Waals surface area contributed by atoms with E-state index in [-0.39, 0.29) is 13.0 Å². The van der Waals surface area contributed by atoms with Crippen molar-refractivity contribution < 1.29 is 24.2 Å². The van der Waals surface area contributed by atoms with Crippen LogP contribution in [0.4, 0.5) is 5.69 Å². The number of aromatic nitrogens is 3. The highest BCUT2D eigenvalue weighted by molar-refractivity contribution is 5.90. The molecule has 1 aliphatic carbocycles. The summed E-state index contributed by atoms with van der Waals surface area (Å²) in [4.78, 5) is 32.2. The van der Waals surface area contributed by atoms with Crippen molar-refractivity contribution in [3.8, 4) is 0 Å². The lowest BCUT2D eigenvalue weighted by Gasteiger charge is -2.47. The van der Waals surface area contributed by atoms with Gasteiger partial charge < -0.3 is 19.5 Å². The van der Waals surface area contributed by atoms with Crippen molar-refractivity contribution in [3.63, 3.8) is 0 Å². The van der Waals surface area contributed by atoms with E-state index in [1.165, 1.54) is 0 Å². The van der Waals surface area contributed by atoms with Gasteiger partial charge in [-0.15, -0.1) is 5.10 Å². The molecule has 0 radical (unpaired) electrons.